The lowest BCUT2D eigenvalue weighted by Gasteiger charge is -2.30. The highest BCUT2D eigenvalue weighted by atomic mass is 32.2. The molecule has 0 bridgehead atoms. The van der Waals surface area contributed by atoms with Crippen molar-refractivity contribution in [1.29, 1.82) is 0 Å². The molecule has 0 aromatic heterocycles. The maximum absolute atomic E-state index is 12.4. The number of nitrogens with zero attached hydrogens (tertiary/aromatic N) is 2. The predicted molar refractivity (Wildman–Crippen MR) is 76.0 cm³/mol. The zero-order valence-electron chi connectivity index (χ0n) is 11.5. The van der Waals surface area contributed by atoms with Crippen molar-refractivity contribution >= 4 is 10.2 Å². The van der Waals surface area contributed by atoms with Crippen LogP contribution in [0.25, 0.3) is 0 Å². The summed E-state index contributed by atoms with van der Waals surface area (Å²) in [6, 6.07) is 7.94. The smallest absolute Gasteiger partial charge is 0.282 e. The second-order valence-electron chi connectivity index (χ2n) is 4.90. The van der Waals surface area contributed by atoms with Gasteiger partial charge in [0.2, 0.25) is 0 Å². The normalized spacial score (nSPS) is 17.8. The van der Waals surface area contributed by atoms with Crippen molar-refractivity contribution in [3.05, 3.63) is 35.4 Å². The van der Waals surface area contributed by atoms with E-state index in [0.717, 1.165) is 24.2 Å². The summed E-state index contributed by atoms with van der Waals surface area (Å²) < 4.78 is 27.8. The fraction of sp³-hybridized carbons (Fsp3) is 0.538. The number of aryl methyl sites for hydroxylation is 1. The van der Waals surface area contributed by atoms with E-state index < -0.39 is 10.2 Å². The molecule has 1 fully saturated rings. The fourth-order valence-corrected chi connectivity index (χ4v) is 3.57. The number of piperazine rings is 1. The average molecular weight is 283 g/mol. The molecule has 5 nitrogen and oxygen atoms in total. The standard InChI is InChI=1S/C13H21N3O2S/c1-12-4-3-5-13(10-12)11-15(2)19(17,18)16-8-6-14-7-9-16/h3-5,10,14H,6-9,11H2,1-2H3. The summed E-state index contributed by atoms with van der Waals surface area (Å²) in [5.41, 5.74) is 2.16. The third-order valence-electron chi connectivity index (χ3n) is 3.28. The molecule has 0 unspecified atom stereocenters. The van der Waals surface area contributed by atoms with E-state index >= 15 is 0 Å². The molecular weight excluding hydrogens is 262 g/mol. The molecule has 1 aliphatic rings. The van der Waals surface area contributed by atoms with Crippen molar-refractivity contribution in [1.82, 2.24) is 13.9 Å². The third kappa shape index (κ3) is 3.54. The van der Waals surface area contributed by atoms with Crippen LogP contribution in [-0.4, -0.2) is 50.3 Å². The van der Waals surface area contributed by atoms with Crippen LogP contribution in [0.1, 0.15) is 11.1 Å². The van der Waals surface area contributed by atoms with E-state index in [0.29, 0.717) is 19.6 Å². The Morgan fingerprint density at radius 2 is 2.00 bits per heavy atom. The number of benzene rings is 1. The molecule has 1 heterocycles. The highest BCUT2D eigenvalue weighted by molar-refractivity contribution is 7.86. The summed E-state index contributed by atoms with van der Waals surface area (Å²) in [7, 11) is -1.71. The first-order valence-electron chi connectivity index (χ1n) is 6.48. The Kier molecular flexibility index (Phi) is 4.57. The third-order valence-corrected chi connectivity index (χ3v) is 5.22. The zero-order chi connectivity index (χ0) is 13.9. The number of hydrogen-bond acceptors (Lipinski definition) is 3. The molecule has 1 saturated heterocycles. The van der Waals surface area contributed by atoms with Crippen molar-refractivity contribution in [2.45, 2.75) is 13.5 Å². The molecule has 0 amide bonds. The van der Waals surface area contributed by atoms with Crippen molar-refractivity contribution in [3.63, 3.8) is 0 Å². The summed E-state index contributed by atoms with van der Waals surface area (Å²) in [4.78, 5) is 0. The first kappa shape index (κ1) is 14.5. The van der Waals surface area contributed by atoms with Gasteiger partial charge in [0.15, 0.2) is 0 Å². The molecular formula is C13H21N3O2S. The summed E-state index contributed by atoms with van der Waals surface area (Å²) in [5, 5.41) is 3.16. The van der Waals surface area contributed by atoms with Crippen LogP contribution in [0.5, 0.6) is 0 Å². The van der Waals surface area contributed by atoms with Gasteiger partial charge in [0, 0.05) is 39.8 Å². The summed E-state index contributed by atoms with van der Waals surface area (Å²) in [6.07, 6.45) is 0. The Labute approximate surface area is 115 Å². The molecule has 6 heteroatoms. The van der Waals surface area contributed by atoms with Crippen molar-refractivity contribution in [2.24, 2.45) is 0 Å². The lowest BCUT2D eigenvalue weighted by atomic mass is 10.1. The van der Waals surface area contributed by atoms with E-state index in [1.54, 1.807) is 11.4 Å². The minimum absolute atomic E-state index is 0.411. The van der Waals surface area contributed by atoms with Gasteiger partial charge in [-0.05, 0) is 12.5 Å². The Morgan fingerprint density at radius 1 is 1.32 bits per heavy atom. The molecule has 0 spiro atoms. The van der Waals surface area contributed by atoms with Gasteiger partial charge in [-0.1, -0.05) is 29.8 Å². The number of rotatable bonds is 4. The number of hydrogen-bond donors (Lipinski definition) is 1. The molecule has 0 aliphatic carbocycles. The van der Waals surface area contributed by atoms with Crippen molar-refractivity contribution in [2.75, 3.05) is 33.2 Å². The van der Waals surface area contributed by atoms with Crippen LogP contribution in [-0.2, 0) is 16.8 Å². The lowest BCUT2D eigenvalue weighted by molar-refractivity contribution is 0.324. The molecule has 106 valence electrons. The van der Waals surface area contributed by atoms with Gasteiger partial charge in [-0.15, -0.1) is 0 Å². The van der Waals surface area contributed by atoms with Gasteiger partial charge in [0.05, 0.1) is 0 Å². The van der Waals surface area contributed by atoms with Crippen molar-refractivity contribution < 1.29 is 8.42 Å². The molecule has 1 aromatic carbocycles. The monoisotopic (exact) mass is 283 g/mol. The largest absolute Gasteiger partial charge is 0.314 e. The van der Waals surface area contributed by atoms with Gasteiger partial charge in [-0.3, -0.25) is 0 Å². The van der Waals surface area contributed by atoms with E-state index in [9.17, 15) is 8.42 Å². The van der Waals surface area contributed by atoms with E-state index in [2.05, 4.69) is 5.32 Å². The Balaban J connectivity index is 2.07. The maximum Gasteiger partial charge on any atom is 0.282 e. The van der Waals surface area contributed by atoms with Gasteiger partial charge in [0.1, 0.15) is 0 Å². The Hall–Kier alpha value is -0.950. The van der Waals surface area contributed by atoms with Crippen LogP contribution in [0.3, 0.4) is 0 Å². The van der Waals surface area contributed by atoms with E-state index in [4.69, 9.17) is 0 Å². The van der Waals surface area contributed by atoms with E-state index in [1.165, 1.54) is 4.31 Å². The SMILES string of the molecule is Cc1cccc(CN(C)S(=O)(=O)N2CCNCC2)c1. The molecule has 1 aromatic rings. The zero-order valence-corrected chi connectivity index (χ0v) is 12.3. The molecule has 2 rings (SSSR count). The predicted octanol–water partition coefficient (Wildman–Crippen LogP) is 0.577. The average Bonchev–Trinajstić information content (AvgIpc) is 2.39. The van der Waals surface area contributed by atoms with Crippen LogP contribution >= 0.6 is 0 Å². The molecule has 1 N–H and O–H groups in total. The topological polar surface area (TPSA) is 52.7 Å². The molecule has 0 radical (unpaired) electrons. The van der Waals surface area contributed by atoms with E-state index in [1.807, 2.05) is 31.2 Å². The fourth-order valence-electron chi connectivity index (χ4n) is 2.22. The summed E-state index contributed by atoms with van der Waals surface area (Å²) >= 11 is 0. The van der Waals surface area contributed by atoms with Gasteiger partial charge >= 0.3 is 0 Å². The van der Waals surface area contributed by atoms with Crippen LogP contribution in [0.15, 0.2) is 24.3 Å². The molecule has 0 atom stereocenters. The van der Waals surface area contributed by atoms with E-state index in [-0.39, 0.29) is 0 Å². The minimum atomic E-state index is -3.35. The lowest BCUT2D eigenvalue weighted by Crippen LogP contribution is -2.50. The molecule has 19 heavy (non-hydrogen) atoms. The van der Waals surface area contributed by atoms with Gasteiger partial charge in [-0.2, -0.15) is 17.0 Å². The summed E-state index contributed by atoms with van der Waals surface area (Å²) in [5.74, 6) is 0. The Morgan fingerprint density at radius 3 is 2.63 bits per heavy atom. The van der Waals surface area contributed by atoms with Crippen LogP contribution < -0.4 is 5.32 Å². The number of nitrogens with one attached hydrogen (secondary N) is 1. The van der Waals surface area contributed by atoms with Gasteiger partial charge in [0.25, 0.3) is 10.2 Å². The van der Waals surface area contributed by atoms with Gasteiger partial charge < -0.3 is 5.32 Å². The first-order chi connectivity index (χ1) is 9.00. The maximum atomic E-state index is 12.4. The van der Waals surface area contributed by atoms with Crippen LogP contribution in [0.4, 0.5) is 0 Å². The molecule has 1 aliphatic heterocycles. The first-order valence-corrected chi connectivity index (χ1v) is 7.87. The van der Waals surface area contributed by atoms with Crippen LogP contribution in [0.2, 0.25) is 0 Å². The summed E-state index contributed by atoms with van der Waals surface area (Å²) in [6.45, 7) is 4.94. The molecule has 0 saturated carbocycles. The second kappa shape index (κ2) is 6.00. The Bertz CT molecular complexity index is 524. The van der Waals surface area contributed by atoms with Crippen molar-refractivity contribution in [3.8, 4) is 0 Å². The highest BCUT2D eigenvalue weighted by Crippen LogP contribution is 2.13. The quantitative estimate of drug-likeness (QED) is 0.879. The second-order valence-corrected chi connectivity index (χ2v) is 6.94. The van der Waals surface area contributed by atoms with Gasteiger partial charge in [-0.25, -0.2) is 0 Å². The highest BCUT2D eigenvalue weighted by Gasteiger charge is 2.27. The van der Waals surface area contributed by atoms with Crippen LogP contribution in [0, 0.1) is 6.92 Å². The minimum Gasteiger partial charge on any atom is -0.314 e.